The first-order valence-corrected chi connectivity index (χ1v) is 3.93. The summed E-state index contributed by atoms with van der Waals surface area (Å²) in [6.45, 7) is 4.34. The first-order valence-electron chi connectivity index (χ1n) is 3.93. The smallest absolute Gasteiger partial charge is 0.250 e. The molecule has 0 aliphatic heterocycles. The molecule has 0 aliphatic rings. The van der Waals surface area contributed by atoms with Gasteiger partial charge in [0.05, 0.1) is 0 Å². The molecule has 1 heterocycles. The molecular formula is C9H14N2O. The molecule has 0 saturated carbocycles. The molecule has 0 atom stereocenters. The van der Waals surface area contributed by atoms with Gasteiger partial charge in [-0.25, -0.2) is 0 Å². The number of pyridine rings is 1. The van der Waals surface area contributed by atoms with Crippen LogP contribution in [0.4, 0.5) is 0 Å². The van der Waals surface area contributed by atoms with Gasteiger partial charge in [-0.05, 0) is 19.9 Å². The highest BCUT2D eigenvalue weighted by Crippen LogP contribution is 1.98. The van der Waals surface area contributed by atoms with Gasteiger partial charge in [0.15, 0.2) is 0 Å². The molecule has 1 aromatic heterocycles. The lowest BCUT2D eigenvalue weighted by atomic mass is 10.1. The van der Waals surface area contributed by atoms with Crippen LogP contribution in [0, 0.1) is 0 Å². The molecule has 1 aromatic rings. The van der Waals surface area contributed by atoms with Crippen molar-refractivity contribution in [2.24, 2.45) is 5.73 Å². The Morgan fingerprint density at radius 3 is 2.67 bits per heavy atom. The third-order valence-corrected chi connectivity index (χ3v) is 1.48. The fourth-order valence-corrected chi connectivity index (χ4v) is 1.03. The van der Waals surface area contributed by atoms with Crippen molar-refractivity contribution in [3.05, 3.63) is 34.7 Å². The van der Waals surface area contributed by atoms with Crippen molar-refractivity contribution in [1.82, 2.24) is 4.57 Å². The summed E-state index contributed by atoms with van der Waals surface area (Å²) in [4.78, 5) is 11.2. The predicted molar refractivity (Wildman–Crippen MR) is 49.0 cm³/mol. The molecule has 2 N–H and O–H groups in total. The van der Waals surface area contributed by atoms with E-state index in [2.05, 4.69) is 0 Å². The van der Waals surface area contributed by atoms with Crippen LogP contribution in [-0.2, 0) is 6.54 Å². The fourth-order valence-electron chi connectivity index (χ4n) is 1.03. The van der Waals surface area contributed by atoms with Gasteiger partial charge in [0.2, 0.25) is 0 Å². The third-order valence-electron chi connectivity index (χ3n) is 1.48. The Balaban J connectivity index is 2.91. The third kappa shape index (κ3) is 2.51. The van der Waals surface area contributed by atoms with Gasteiger partial charge >= 0.3 is 0 Å². The number of rotatable bonds is 2. The molecule has 0 fully saturated rings. The van der Waals surface area contributed by atoms with Crippen molar-refractivity contribution in [2.75, 3.05) is 0 Å². The molecule has 66 valence electrons. The van der Waals surface area contributed by atoms with E-state index in [0.29, 0.717) is 6.54 Å². The van der Waals surface area contributed by atoms with E-state index in [1.807, 2.05) is 19.9 Å². The quantitative estimate of drug-likeness (QED) is 0.698. The topological polar surface area (TPSA) is 48.0 Å². The molecule has 0 amide bonds. The number of hydrogen-bond acceptors (Lipinski definition) is 2. The number of nitrogens with zero attached hydrogens (tertiary/aromatic N) is 1. The maximum Gasteiger partial charge on any atom is 0.250 e. The normalized spacial score (nSPS) is 11.6. The van der Waals surface area contributed by atoms with Crippen LogP contribution in [0.1, 0.15) is 13.8 Å². The van der Waals surface area contributed by atoms with E-state index in [-0.39, 0.29) is 11.1 Å². The van der Waals surface area contributed by atoms with Crippen molar-refractivity contribution in [3.8, 4) is 0 Å². The Labute approximate surface area is 71.8 Å². The molecule has 0 unspecified atom stereocenters. The summed E-state index contributed by atoms with van der Waals surface area (Å²) >= 11 is 0. The van der Waals surface area contributed by atoms with Crippen LogP contribution in [0.25, 0.3) is 0 Å². The molecular weight excluding hydrogens is 152 g/mol. The molecule has 1 rings (SSSR count). The van der Waals surface area contributed by atoms with Crippen molar-refractivity contribution in [1.29, 1.82) is 0 Å². The molecule has 12 heavy (non-hydrogen) atoms. The van der Waals surface area contributed by atoms with E-state index >= 15 is 0 Å². The van der Waals surface area contributed by atoms with Crippen molar-refractivity contribution >= 4 is 0 Å². The minimum absolute atomic E-state index is 0.00368. The van der Waals surface area contributed by atoms with Gasteiger partial charge < -0.3 is 10.3 Å². The maximum absolute atomic E-state index is 11.2. The highest BCUT2D eigenvalue weighted by Gasteiger charge is 2.11. The highest BCUT2D eigenvalue weighted by molar-refractivity contribution is 4.94. The second-order valence-electron chi connectivity index (χ2n) is 3.66. The fraction of sp³-hybridized carbons (Fsp3) is 0.444. The van der Waals surface area contributed by atoms with Gasteiger partial charge in [-0.1, -0.05) is 6.07 Å². The van der Waals surface area contributed by atoms with Gasteiger partial charge in [-0.3, -0.25) is 4.79 Å². The van der Waals surface area contributed by atoms with Crippen LogP contribution in [0.2, 0.25) is 0 Å². The second-order valence-corrected chi connectivity index (χ2v) is 3.66. The van der Waals surface area contributed by atoms with E-state index in [4.69, 9.17) is 5.73 Å². The lowest BCUT2D eigenvalue weighted by molar-refractivity contribution is 0.426. The highest BCUT2D eigenvalue weighted by atomic mass is 16.1. The van der Waals surface area contributed by atoms with E-state index < -0.39 is 0 Å². The van der Waals surface area contributed by atoms with Crippen molar-refractivity contribution in [2.45, 2.75) is 25.9 Å². The van der Waals surface area contributed by atoms with E-state index in [0.717, 1.165) is 0 Å². The van der Waals surface area contributed by atoms with E-state index in [1.165, 1.54) is 6.07 Å². The number of hydrogen-bond donors (Lipinski definition) is 1. The first kappa shape index (κ1) is 9.00. The molecule has 0 bridgehead atoms. The molecule has 0 radical (unpaired) electrons. The second kappa shape index (κ2) is 3.11. The van der Waals surface area contributed by atoms with Crippen molar-refractivity contribution < 1.29 is 0 Å². The number of aromatic nitrogens is 1. The summed E-state index contributed by atoms with van der Waals surface area (Å²) in [5.74, 6) is 0. The van der Waals surface area contributed by atoms with Crippen molar-refractivity contribution in [3.63, 3.8) is 0 Å². The van der Waals surface area contributed by atoms with Crippen LogP contribution >= 0.6 is 0 Å². The Bertz CT molecular complexity index is 309. The zero-order valence-electron chi connectivity index (χ0n) is 7.45. The lowest BCUT2D eigenvalue weighted by Gasteiger charge is -2.19. The Kier molecular flexibility index (Phi) is 2.33. The molecule has 0 aliphatic carbocycles. The minimum Gasteiger partial charge on any atom is -0.324 e. The lowest BCUT2D eigenvalue weighted by Crippen LogP contribution is -2.40. The van der Waals surface area contributed by atoms with Crippen LogP contribution in [0.15, 0.2) is 29.2 Å². The monoisotopic (exact) mass is 166 g/mol. The van der Waals surface area contributed by atoms with Gasteiger partial charge in [0.1, 0.15) is 0 Å². The van der Waals surface area contributed by atoms with Gasteiger partial charge in [-0.15, -0.1) is 0 Å². The average molecular weight is 166 g/mol. The van der Waals surface area contributed by atoms with Crippen LogP contribution in [0.3, 0.4) is 0 Å². The SMILES string of the molecule is CC(C)(N)Cn1ccccc1=O. The van der Waals surface area contributed by atoms with Gasteiger partial charge in [-0.2, -0.15) is 0 Å². The Hall–Kier alpha value is -1.09. The minimum atomic E-state index is -0.342. The summed E-state index contributed by atoms with van der Waals surface area (Å²) in [6.07, 6.45) is 1.75. The van der Waals surface area contributed by atoms with E-state index in [9.17, 15) is 4.79 Å². The predicted octanol–water partition coefficient (Wildman–Crippen LogP) is 0.586. The van der Waals surface area contributed by atoms with Crippen LogP contribution in [0.5, 0.6) is 0 Å². The van der Waals surface area contributed by atoms with Crippen LogP contribution < -0.4 is 11.3 Å². The zero-order chi connectivity index (χ0) is 9.19. The maximum atomic E-state index is 11.2. The number of nitrogens with two attached hydrogens (primary N) is 1. The van der Waals surface area contributed by atoms with Gasteiger partial charge in [0.25, 0.3) is 5.56 Å². The molecule has 0 aromatic carbocycles. The van der Waals surface area contributed by atoms with E-state index in [1.54, 1.807) is 16.8 Å². The molecule has 0 spiro atoms. The summed E-state index contributed by atoms with van der Waals surface area (Å²) in [5, 5.41) is 0. The molecule has 0 saturated heterocycles. The average Bonchev–Trinajstić information content (AvgIpc) is 1.91. The standard InChI is InChI=1S/C9H14N2O/c1-9(2,10)7-11-6-4-3-5-8(11)12/h3-6H,7,10H2,1-2H3. The van der Waals surface area contributed by atoms with Gasteiger partial charge in [0, 0.05) is 24.3 Å². The Morgan fingerprint density at radius 2 is 2.17 bits per heavy atom. The Morgan fingerprint density at radius 1 is 1.50 bits per heavy atom. The molecule has 3 heteroatoms. The summed E-state index contributed by atoms with van der Waals surface area (Å²) < 4.78 is 1.61. The van der Waals surface area contributed by atoms with Crippen LogP contribution in [-0.4, -0.2) is 10.1 Å². The first-order chi connectivity index (χ1) is 5.49. The summed E-state index contributed by atoms with van der Waals surface area (Å²) in [5.41, 5.74) is 5.43. The molecule has 3 nitrogen and oxygen atoms in total. The summed E-state index contributed by atoms with van der Waals surface area (Å²) in [7, 11) is 0. The zero-order valence-corrected chi connectivity index (χ0v) is 7.45. The largest absolute Gasteiger partial charge is 0.324 e. The summed E-state index contributed by atoms with van der Waals surface area (Å²) in [6, 6.07) is 5.08.